The number of hydrogen-bond acceptors (Lipinski definition) is 5. The molecule has 6 rings (SSSR count). The Morgan fingerprint density at radius 3 is 2.65 bits per heavy atom. The summed E-state index contributed by atoms with van der Waals surface area (Å²) in [6.45, 7) is 13.6. The second-order valence-electron chi connectivity index (χ2n) is 11.8. The molecule has 2 aromatic carbocycles. The van der Waals surface area contributed by atoms with E-state index in [1.807, 2.05) is 49.8 Å². The smallest absolute Gasteiger partial charge is 0.322 e. The van der Waals surface area contributed by atoms with Crippen molar-refractivity contribution in [2.75, 3.05) is 18.4 Å². The van der Waals surface area contributed by atoms with Crippen molar-refractivity contribution in [2.24, 2.45) is 0 Å². The number of fused-ring (bicyclic) bond motifs is 2. The first-order valence-electron chi connectivity index (χ1n) is 13.7. The van der Waals surface area contributed by atoms with Crippen molar-refractivity contribution in [3.8, 4) is 22.5 Å². The van der Waals surface area contributed by atoms with E-state index in [2.05, 4.69) is 65.4 Å². The summed E-state index contributed by atoms with van der Waals surface area (Å²) in [6.07, 6.45) is 3.74. The first-order valence-corrected chi connectivity index (χ1v) is 13.7. The topological polar surface area (TPSA) is 101 Å². The second-order valence-corrected chi connectivity index (χ2v) is 11.8. The molecule has 0 atom stereocenters. The second kappa shape index (κ2) is 9.75. The average molecular weight is 538 g/mol. The Hall–Kier alpha value is -4.24. The number of anilines is 1. The van der Waals surface area contributed by atoms with Crippen molar-refractivity contribution < 1.29 is 9.53 Å². The Labute approximate surface area is 233 Å². The van der Waals surface area contributed by atoms with Gasteiger partial charge < -0.3 is 19.9 Å². The number of amides is 2. The summed E-state index contributed by atoms with van der Waals surface area (Å²) in [4.78, 5) is 27.6. The molecule has 1 saturated heterocycles. The van der Waals surface area contributed by atoms with Gasteiger partial charge in [-0.1, -0.05) is 24.3 Å². The van der Waals surface area contributed by atoms with Gasteiger partial charge in [-0.15, -0.1) is 0 Å². The Morgan fingerprint density at radius 1 is 1.12 bits per heavy atom. The minimum Gasteiger partial charge on any atom is -0.369 e. The van der Waals surface area contributed by atoms with Gasteiger partial charge in [0.25, 0.3) is 0 Å². The normalized spacial score (nSPS) is 14.3. The molecule has 1 fully saturated rings. The average Bonchev–Trinajstić information content (AvgIpc) is 3.48. The summed E-state index contributed by atoms with van der Waals surface area (Å²) in [5.41, 5.74) is 6.16. The lowest BCUT2D eigenvalue weighted by molar-refractivity contribution is -0.110. The van der Waals surface area contributed by atoms with E-state index in [1.54, 1.807) is 11.1 Å². The van der Waals surface area contributed by atoms with Crippen LogP contribution in [0.1, 0.15) is 46.4 Å². The van der Waals surface area contributed by atoms with Gasteiger partial charge in [0, 0.05) is 28.9 Å². The molecule has 9 heteroatoms. The van der Waals surface area contributed by atoms with Crippen LogP contribution in [0.3, 0.4) is 0 Å². The van der Waals surface area contributed by atoms with Crippen LogP contribution in [-0.4, -0.2) is 60.5 Å². The zero-order valence-electron chi connectivity index (χ0n) is 23.8. The zero-order valence-corrected chi connectivity index (χ0v) is 23.8. The van der Waals surface area contributed by atoms with E-state index in [9.17, 15) is 4.79 Å². The first-order chi connectivity index (χ1) is 19.1. The van der Waals surface area contributed by atoms with Crippen molar-refractivity contribution in [1.29, 1.82) is 0 Å². The molecule has 0 spiro atoms. The van der Waals surface area contributed by atoms with Gasteiger partial charge in [-0.3, -0.25) is 4.68 Å². The van der Waals surface area contributed by atoms with Crippen LogP contribution in [-0.2, 0) is 4.74 Å². The summed E-state index contributed by atoms with van der Waals surface area (Å²) < 4.78 is 7.96. The number of nitrogens with one attached hydrogen (secondary N) is 2. The highest BCUT2D eigenvalue weighted by Gasteiger charge is 2.34. The van der Waals surface area contributed by atoms with Crippen molar-refractivity contribution in [3.63, 3.8) is 0 Å². The molecule has 9 nitrogen and oxygen atoms in total. The SMILES string of the molecule is Cc1c(-c2nc3c(-c4ccc5c(NC(=O)N6CC(OC(C)(C)C)C6)cccc5c4)ccnc3[nH]2)cnn1C(C)C. The van der Waals surface area contributed by atoms with Crippen LogP contribution in [0.2, 0.25) is 0 Å². The van der Waals surface area contributed by atoms with Crippen molar-refractivity contribution >= 4 is 33.7 Å². The number of carbonyl (C=O) groups is 1. The van der Waals surface area contributed by atoms with Crippen molar-refractivity contribution in [2.45, 2.75) is 59.3 Å². The van der Waals surface area contributed by atoms with Gasteiger partial charge in [0.1, 0.15) is 11.3 Å². The Kier molecular flexibility index (Phi) is 6.34. The Bertz CT molecular complexity index is 1720. The van der Waals surface area contributed by atoms with E-state index >= 15 is 0 Å². The first kappa shape index (κ1) is 26.0. The fraction of sp³-hybridized carbons (Fsp3) is 0.355. The predicted octanol–water partition coefficient (Wildman–Crippen LogP) is 6.56. The number of urea groups is 1. The minimum absolute atomic E-state index is 0.0795. The van der Waals surface area contributed by atoms with Crippen molar-refractivity contribution in [3.05, 3.63) is 60.6 Å². The van der Waals surface area contributed by atoms with E-state index in [4.69, 9.17) is 9.72 Å². The maximum Gasteiger partial charge on any atom is 0.322 e. The Morgan fingerprint density at radius 2 is 1.93 bits per heavy atom. The number of benzene rings is 2. The van der Waals surface area contributed by atoms with Gasteiger partial charge >= 0.3 is 6.03 Å². The fourth-order valence-corrected chi connectivity index (χ4v) is 5.38. The molecule has 2 N–H and O–H groups in total. The monoisotopic (exact) mass is 537 g/mol. The van der Waals surface area contributed by atoms with E-state index in [0.717, 1.165) is 55.8 Å². The maximum absolute atomic E-state index is 12.9. The summed E-state index contributed by atoms with van der Waals surface area (Å²) in [5, 5.41) is 9.64. The van der Waals surface area contributed by atoms with Crippen LogP contribution < -0.4 is 5.32 Å². The molecule has 206 valence electrons. The Balaban J connectivity index is 1.27. The summed E-state index contributed by atoms with van der Waals surface area (Å²) in [6, 6.07) is 14.4. The third-order valence-corrected chi connectivity index (χ3v) is 7.26. The lowest BCUT2D eigenvalue weighted by atomic mass is 10.0. The number of aromatic amines is 1. The lowest BCUT2D eigenvalue weighted by Crippen LogP contribution is -2.57. The van der Waals surface area contributed by atoms with E-state index in [1.165, 1.54) is 0 Å². The molecule has 40 heavy (non-hydrogen) atoms. The van der Waals surface area contributed by atoms with Gasteiger partial charge in [0.15, 0.2) is 5.65 Å². The van der Waals surface area contributed by atoms with Crippen LogP contribution in [0.15, 0.2) is 54.9 Å². The minimum atomic E-state index is -0.214. The van der Waals surface area contributed by atoms with Gasteiger partial charge in [-0.2, -0.15) is 5.10 Å². The molecule has 0 unspecified atom stereocenters. The van der Waals surface area contributed by atoms with Gasteiger partial charge in [-0.25, -0.2) is 14.8 Å². The molecule has 0 aliphatic carbocycles. The number of ether oxygens (including phenoxy) is 1. The fourth-order valence-electron chi connectivity index (χ4n) is 5.38. The number of carbonyl (C=O) groups excluding carboxylic acids is 1. The number of pyridine rings is 1. The van der Waals surface area contributed by atoms with Crippen LogP contribution in [0.5, 0.6) is 0 Å². The molecule has 5 aromatic rings. The quantitative estimate of drug-likeness (QED) is 0.264. The number of aromatic nitrogens is 5. The van der Waals surface area contributed by atoms with Gasteiger partial charge in [0.05, 0.1) is 42.2 Å². The molecule has 1 aliphatic rings. The molecule has 4 heterocycles. The van der Waals surface area contributed by atoms with Gasteiger partial charge in [0.2, 0.25) is 0 Å². The zero-order chi connectivity index (χ0) is 28.2. The third kappa shape index (κ3) is 4.81. The molecule has 0 bridgehead atoms. The predicted molar refractivity (Wildman–Crippen MR) is 158 cm³/mol. The highest BCUT2D eigenvalue weighted by atomic mass is 16.5. The lowest BCUT2D eigenvalue weighted by Gasteiger charge is -2.41. The molecule has 1 aliphatic heterocycles. The van der Waals surface area contributed by atoms with E-state index < -0.39 is 0 Å². The number of rotatable bonds is 5. The molecular formula is C31H35N7O2. The highest BCUT2D eigenvalue weighted by Crippen LogP contribution is 2.33. The summed E-state index contributed by atoms with van der Waals surface area (Å²) in [7, 11) is 0. The number of likely N-dealkylation sites (tertiary alicyclic amines) is 1. The van der Waals surface area contributed by atoms with Crippen LogP contribution in [0.4, 0.5) is 10.5 Å². The largest absolute Gasteiger partial charge is 0.369 e. The molecule has 2 amide bonds. The molecule has 0 saturated carbocycles. The number of hydrogen-bond donors (Lipinski definition) is 2. The third-order valence-electron chi connectivity index (χ3n) is 7.26. The van der Waals surface area contributed by atoms with Crippen LogP contribution in [0, 0.1) is 6.92 Å². The molecule has 3 aromatic heterocycles. The van der Waals surface area contributed by atoms with Crippen molar-refractivity contribution in [1.82, 2.24) is 29.6 Å². The van der Waals surface area contributed by atoms with E-state index in [-0.39, 0.29) is 23.8 Å². The molecule has 0 radical (unpaired) electrons. The number of imidazole rings is 1. The van der Waals surface area contributed by atoms with E-state index in [0.29, 0.717) is 13.1 Å². The van der Waals surface area contributed by atoms with Crippen LogP contribution in [0.25, 0.3) is 44.5 Å². The van der Waals surface area contributed by atoms with Crippen LogP contribution >= 0.6 is 0 Å². The highest BCUT2D eigenvalue weighted by molar-refractivity contribution is 6.04. The number of nitrogens with zero attached hydrogens (tertiary/aromatic N) is 5. The maximum atomic E-state index is 12.9. The molecular weight excluding hydrogens is 502 g/mol. The summed E-state index contributed by atoms with van der Waals surface area (Å²) >= 11 is 0. The summed E-state index contributed by atoms with van der Waals surface area (Å²) in [5.74, 6) is 0.756. The van der Waals surface area contributed by atoms with Gasteiger partial charge in [-0.05, 0) is 70.7 Å². The standard InChI is InChI=1S/C31H35N7O2/c1-18(2)38-19(3)25(15-33-38)28-35-27-24(12-13-32-29(27)36-28)21-10-11-23-20(14-21)8-7-9-26(23)34-30(39)37-16-22(17-37)40-31(4,5)6/h7-15,18,22H,16-17H2,1-6H3,(H,34,39)(H,32,35,36). The number of H-pyrrole nitrogens is 1.